The number of amides is 1. The van der Waals surface area contributed by atoms with E-state index < -0.39 is 11.7 Å². The largest absolute Gasteiger partial charge is 0.461 e. The molecule has 0 aliphatic carbocycles. The first-order chi connectivity index (χ1) is 10.1. The number of carbonyl (C=O) groups excluding carboxylic acids is 2. The van der Waals surface area contributed by atoms with E-state index in [-0.39, 0.29) is 31.4 Å². The summed E-state index contributed by atoms with van der Waals surface area (Å²) in [5.41, 5.74) is 5.19. The van der Waals surface area contributed by atoms with Crippen LogP contribution in [0, 0.1) is 0 Å². The van der Waals surface area contributed by atoms with Crippen molar-refractivity contribution in [2.75, 3.05) is 13.1 Å². The van der Waals surface area contributed by atoms with E-state index in [1.807, 2.05) is 30.3 Å². The molecule has 0 unspecified atom stereocenters. The summed E-state index contributed by atoms with van der Waals surface area (Å²) in [6, 6.07) is 9.43. The third-order valence-electron chi connectivity index (χ3n) is 3.54. The second-order valence-corrected chi connectivity index (χ2v) is 5.18. The molecule has 7 heteroatoms. The lowest BCUT2D eigenvalue weighted by Gasteiger charge is -2.35. The maximum Gasteiger partial charge on any atom is 0.405 e. The highest BCUT2D eigenvalue weighted by Crippen LogP contribution is 2.27. The molecule has 0 spiro atoms. The lowest BCUT2D eigenvalue weighted by Crippen LogP contribution is -2.47. The van der Waals surface area contributed by atoms with Gasteiger partial charge in [0.05, 0.1) is 6.42 Å². The van der Waals surface area contributed by atoms with E-state index in [0.29, 0.717) is 25.9 Å². The summed E-state index contributed by atoms with van der Waals surface area (Å²) in [7, 11) is 0. The van der Waals surface area contributed by atoms with Crippen LogP contribution in [-0.4, -0.2) is 30.8 Å². The Morgan fingerprint density at radius 2 is 1.82 bits per heavy atom. The van der Waals surface area contributed by atoms with Gasteiger partial charge in [0.15, 0.2) is 0 Å². The zero-order chi connectivity index (χ0) is 15.1. The zero-order valence-electron chi connectivity index (χ0n) is 12.2. The predicted octanol–water partition coefficient (Wildman–Crippen LogP) is 1.76. The van der Waals surface area contributed by atoms with Crippen molar-refractivity contribution in [3.63, 3.8) is 0 Å². The lowest BCUT2D eigenvalue weighted by atomic mass is 9.89. The number of hydrogen-bond acceptors (Lipinski definition) is 5. The number of esters is 1. The van der Waals surface area contributed by atoms with Crippen LogP contribution >= 0.6 is 12.4 Å². The van der Waals surface area contributed by atoms with Gasteiger partial charge in [-0.3, -0.25) is 4.79 Å². The van der Waals surface area contributed by atoms with Crippen LogP contribution in [0.3, 0.4) is 0 Å². The first-order valence-electron chi connectivity index (χ1n) is 6.98. The third-order valence-corrected chi connectivity index (χ3v) is 3.54. The molecule has 6 nitrogen and oxygen atoms in total. The van der Waals surface area contributed by atoms with Gasteiger partial charge in [-0.05, 0) is 18.7 Å². The van der Waals surface area contributed by atoms with Crippen LogP contribution < -0.4 is 11.1 Å². The van der Waals surface area contributed by atoms with Crippen molar-refractivity contribution in [3.8, 4) is 0 Å². The van der Waals surface area contributed by atoms with E-state index in [1.54, 1.807) is 0 Å². The Hall–Kier alpha value is -1.79. The molecule has 1 aromatic carbocycles. The fourth-order valence-electron chi connectivity index (χ4n) is 2.46. The van der Waals surface area contributed by atoms with Crippen LogP contribution in [-0.2, 0) is 20.9 Å². The van der Waals surface area contributed by atoms with Crippen molar-refractivity contribution < 1.29 is 19.1 Å². The topological polar surface area (TPSA) is 90.7 Å². The van der Waals surface area contributed by atoms with E-state index >= 15 is 0 Å². The minimum absolute atomic E-state index is 0. The molecule has 1 aromatic rings. The van der Waals surface area contributed by atoms with E-state index in [9.17, 15) is 9.59 Å². The fourth-order valence-corrected chi connectivity index (χ4v) is 2.46. The number of benzene rings is 1. The van der Waals surface area contributed by atoms with E-state index in [0.717, 1.165) is 5.56 Å². The highest BCUT2D eigenvalue weighted by atomic mass is 35.5. The summed E-state index contributed by atoms with van der Waals surface area (Å²) in [5.74, 6) is -0.387. The smallest absolute Gasteiger partial charge is 0.405 e. The molecular weight excluding hydrogens is 308 g/mol. The quantitative estimate of drug-likeness (QED) is 0.804. The fraction of sp³-hybridized carbons (Fsp3) is 0.467. The van der Waals surface area contributed by atoms with E-state index in [1.165, 1.54) is 0 Å². The van der Waals surface area contributed by atoms with E-state index in [2.05, 4.69) is 5.32 Å². The Morgan fingerprint density at radius 1 is 1.18 bits per heavy atom. The Morgan fingerprint density at radius 3 is 2.41 bits per heavy atom. The highest BCUT2D eigenvalue weighted by molar-refractivity contribution is 5.85. The molecule has 0 bridgehead atoms. The molecule has 122 valence electrons. The summed E-state index contributed by atoms with van der Waals surface area (Å²) in [6.45, 7) is 1.57. The number of piperidine rings is 1. The van der Waals surface area contributed by atoms with Crippen molar-refractivity contribution >= 4 is 24.5 Å². The second-order valence-electron chi connectivity index (χ2n) is 5.18. The molecule has 1 saturated heterocycles. The van der Waals surface area contributed by atoms with Gasteiger partial charge < -0.3 is 20.5 Å². The van der Waals surface area contributed by atoms with Crippen molar-refractivity contribution in [3.05, 3.63) is 35.9 Å². The molecule has 0 saturated carbocycles. The van der Waals surface area contributed by atoms with Gasteiger partial charge in [-0.2, -0.15) is 0 Å². The number of primary amides is 1. The zero-order valence-corrected chi connectivity index (χ0v) is 13.1. The van der Waals surface area contributed by atoms with Gasteiger partial charge in [0.2, 0.25) is 0 Å². The summed E-state index contributed by atoms with van der Waals surface area (Å²) in [5, 5.41) is 3.16. The molecule has 0 aromatic heterocycles. The number of halogens is 1. The van der Waals surface area contributed by atoms with Crippen LogP contribution in [0.5, 0.6) is 0 Å². The number of nitrogens with one attached hydrogen (secondary N) is 1. The van der Waals surface area contributed by atoms with Crippen LogP contribution in [0.15, 0.2) is 30.3 Å². The van der Waals surface area contributed by atoms with Gasteiger partial charge in [0, 0.05) is 12.8 Å². The van der Waals surface area contributed by atoms with Gasteiger partial charge in [-0.15, -0.1) is 12.4 Å². The van der Waals surface area contributed by atoms with Gasteiger partial charge in [0.25, 0.3) is 0 Å². The first kappa shape index (κ1) is 18.3. The molecule has 3 N–H and O–H groups in total. The number of hydrogen-bond donors (Lipinski definition) is 2. The molecule has 1 heterocycles. The highest BCUT2D eigenvalue weighted by Gasteiger charge is 2.38. The number of nitrogens with two attached hydrogens (primary N) is 1. The minimum atomic E-state index is -0.854. The minimum Gasteiger partial charge on any atom is -0.461 e. The standard InChI is InChI=1S/C15H20N2O4.ClH/c16-14(19)21-15(6-8-17-9-7-15)10-13(18)20-11-12-4-2-1-3-5-12;/h1-5,17H,6-11H2,(H2,16,19);1H. The second kappa shape index (κ2) is 8.60. The number of rotatable bonds is 5. The van der Waals surface area contributed by atoms with Crippen molar-refractivity contribution in [1.82, 2.24) is 5.32 Å². The maximum atomic E-state index is 12.0. The van der Waals surface area contributed by atoms with Gasteiger partial charge in [0.1, 0.15) is 12.2 Å². The van der Waals surface area contributed by atoms with Crippen LogP contribution in [0.2, 0.25) is 0 Å². The number of carbonyl (C=O) groups is 2. The molecule has 0 atom stereocenters. The molecule has 1 fully saturated rings. The molecular formula is C15H21ClN2O4. The number of ether oxygens (including phenoxy) is 2. The molecule has 1 amide bonds. The molecule has 0 radical (unpaired) electrons. The van der Waals surface area contributed by atoms with Gasteiger partial charge >= 0.3 is 12.1 Å². The Balaban J connectivity index is 0.00000242. The third kappa shape index (κ3) is 5.54. The first-order valence-corrected chi connectivity index (χ1v) is 6.98. The van der Waals surface area contributed by atoms with Crippen molar-refractivity contribution in [2.24, 2.45) is 5.73 Å². The lowest BCUT2D eigenvalue weighted by molar-refractivity contribution is -0.151. The molecule has 1 aliphatic rings. The van der Waals surface area contributed by atoms with Crippen LogP contribution in [0.4, 0.5) is 4.79 Å². The van der Waals surface area contributed by atoms with Crippen molar-refractivity contribution in [1.29, 1.82) is 0 Å². The summed E-state index contributed by atoms with van der Waals surface area (Å²) < 4.78 is 10.4. The van der Waals surface area contributed by atoms with Crippen LogP contribution in [0.25, 0.3) is 0 Å². The Kier molecular flexibility index (Phi) is 7.14. The SMILES string of the molecule is Cl.NC(=O)OC1(CC(=O)OCc2ccccc2)CCNCC1. The molecule has 1 aliphatic heterocycles. The predicted molar refractivity (Wildman–Crippen MR) is 83.6 cm³/mol. The maximum absolute atomic E-state index is 12.0. The molecule has 2 rings (SSSR count). The summed E-state index contributed by atoms with van der Waals surface area (Å²) >= 11 is 0. The van der Waals surface area contributed by atoms with Gasteiger partial charge in [-0.1, -0.05) is 30.3 Å². The summed E-state index contributed by atoms with van der Waals surface area (Å²) in [4.78, 5) is 23.1. The Bertz CT molecular complexity index is 490. The summed E-state index contributed by atoms with van der Waals surface area (Å²) in [6.07, 6.45) is 0.282. The monoisotopic (exact) mass is 328 g/mol. The normalized spacial score (nSPS) is 16.2. The average molecular weight is 329 g/mol. The van der Waals surface area contributed by atoms with Crippen molar-refractivity contribution in [2.45, 2.75) is 31.5 Å². The molecule has 22 heavy (non-hydrogen) atoms. The average Bonchev–Trinajstić information content (AvgIpc) is 2.46. The van der Waals surface area contributed by atoms with Crippen LogP contribution in [0.1, 0.15) is 24.8 Å². The van der Waals surface area contributed by atoms with Gasteiger partial charge in [-0.25, -0.2) is 4.79 Å². The van der Waals surface area contributed by atoms with E-state index in [4.69, 9.17) is 15.2 Å². The Labute approximate surface area is 135 Å².